The van der Waals surface area contributed by atoms with Crippen molar-refractivity contribution >= 4 is 5.97 Å². The standard InChI is InChI=1S/C25H26N2O4/c1-27(15-12-18-13-16-30-26-18)14-6-7-19(17-27)31-24(28)25(29)22-10-4-2-8-20(22)21-9-3-5-11-23(21)25/h2-5,8-11,13,16,19H,6-7,12,14-15,17H2,1H3/t19?,27-/m1/s1. The Morgan fingerprint density at radius 2 is 1.84 bits per heavy atom. The number of nitrogens with zero attached hydrogens (tertiary/aromatic N) is 2. The van der Waals surface area contributed by atoms with Gasteiger partial charge in [-0.05, 0) is 28.7 Å². The van der Waals surface area contributed by atoms with Gasteiger partial charge >= 0.3 is 5.97 Å². The van der Waals surface area contributed by atoms with E-state index in [1.165, 1.54) is 0 Å². The number of fused-ring (bicyclic) bond motifs is 3. The highest BCUT2D eigenvalue weighted by Gasteiger charge is 2.43. The second-order valence-electron chi connectivity index (χ2n) is 8.93. The van der Waals surface area contributed by atoms with Crippen LogP contribution in [0.3, 0.4) is 0 Å². The van der Waals surface area contributed by atoms with Crippen LogP contribution < -0.4 is 5.11 Å². The van der Waals surface area contributed by atoms with Crippen LogP contribution in [0.25, 0.3) is 11.1 Å². The van der Waals surface area contributed by atoms with E-state index in [2.05, 4.69) is 12.2 Å². The monoisotopic (exact) mass is 418 g/mol. The van der Waals surface area contributed by atoms with Crippen LogP contribution in [-0.2, 0) is 21.6 Å². The van der Waals surface area contributed by atoms with Gasteiger partial charge in [0.15, 0.2) is 6.10 Å². The lowest BCUT2D eigenvalue weighted by atomic mass is 9.91. The highest BCUT2D eigenvalue weighted by Crippen LogP contribution is 2.46. The van der Waals surface area contributed by atoms with Crippen molar-refractivity contribution in [2.24, 2.45) is 0 Å². The number of benzene rings is 2. The molecule has 0 amide bonds. The molecular weight excluding hydrogens is 392 g/mol. The molecule has 0 spiro atoms. The van der Waals surface area contributed by atoms with E-state index in [-0.39, 0.29) is 6.10 Å². The van der Waals surface area contributed by atoms with Gasteiger partial charge in [-0.3, -0.25) is 4.79 Å². The van der Waals surface area contributed by atoms with Gasteiger partial charge in [0.1, 0.15) is 12.8 Å². The number of aromatic nitrogens is 1. The maximum atomic E-state index is 14.1. The summed E-state index contributed by atoms with van der Waals surface area (Å²) >= 11 is 0. The molecule has 31 heavy (non-hydrogen) atoms. The molecule has 6 heteroatoms. The molecule has 2 heterocycles. The van der Waals surface area contributed by atoms with E-state index >= 15 is 0 Å². The fourth-order valence-corrected chi connectivity index (χ4v) is 5.07. The molecule has 2 atom stereocenters. The zero-order chi connectivity index (χ0) is 21.5. The van der Waals surface area contributed by atoms with Crippen LogP contribution >= 0.6 is 0 Å². The largest absolute Gasteiger partial charge is 0.834 e. The third kappa shape index (κ3) is 3.46. The lowest BCUT2D eigenvalue weighted by Gasteiger charge is -2.43. The van der Waals surface area contributed by atoms with Crippen LogP contribution in [0.1, 0.15) is 29.7 Å². The first kappa shape index (κ1) is 20.0. The van der Waals surface area contributed by atoms with Gasteiger partial charge in [0.25, 0.3) is 0 Å². The van der Waals surface area contributed by atoms with E-state index < -0.39 is 11.6 Å². The predicted molar refractivity (Wildman–Crippen MR) is 113 cm³/mol. The van der Waals surface area contributed by atoms with Crippen molar-refractivity contribution in [2.75, 3.05) is 26.7 Å². The lowest BCUT2D eigenvalue weighted by Crippen LogP contribution is -2.56. The number of carbonyl (C=O) groups is 1. The maximum Gasteiger partial charge on any atom is 0.304 e. The number of carbonyl (C=O) groups excluding carboxylic acids is 1. The van der Waals surface area contributed by atoms with Crippen molar-refractivity contribution in [2.45, 2.75) is 31.0 Å². The van der Waals surface area contributed by atoms with Crippen molar-refractivity contribution in [3.8, 4) is 11.1 Å². The number of hydrogen-bond acceptors (Lipinski definition) is 5. The number of rotatable bonds is 5. The molecule has 1 fully saturated rings. The molecule has 0 saturated carbocycles. The predicted octanol–water partition coefficient (Wildman–Crippen LogP) is 2.65. The first-order chi connectivity index (χ1) is 15.0. The highest BCUT2D eigenvalue weighted by molar-refractivity contribution is 5.95. The molecule has 0 bridgehead atoms. The van der Waals surface area contributed by atoms with Gasteiger partial charge < -0.3 is 18.8 Å². The lowest BCUT2D eigenvalue weighted by molar-refractivity contribution is -0.916. The molecule has 2 aromatic carbocycles. The normalized spacial score (nSPS) is 23.7. The zero-order valence-electron chi connectivity index (χ0n) is 17.6. The maximum absolute atomic E-state index is 14.1. The molecule has 1 unspecified atom stereocenters. The van der Waals surface area contributed by atoms with Gasteiger partial charge in [-0.1, -0.05) is 53.7 Å². The van der Waals surface area contributed by atoms with Gasteiger partial charge in [0, 0.05) is 24.5 Å². The molecule has 0 N–H and O–H groups in total. The molecule has 3 aromatic rings. The molecule has 1 aromatic heterocycles. The van der Waals surface area contributed by atoms with Crippen LogP contribution in [0.15, 0.2) is 65.4 Å². The average molecular weight is 418 g/mol. The Morgan fingerprint density at radius 1 is 1.16 bits per heavy atom. The van der Waals surface area contributed by atoms with E-state index in [4.69, 9.17) is 9.26 Å². The number of esters is 1. The van der Waals surface area contributed by atoms with E-state index in [9.17, 15) is 9.90 Å². The summed E-state index contributed by atoms with van der Waals surface area (Å²) in [7, 11) is 2.17. The SMILES string of the molecule is C[N@+]1(CCc2ccon2)CCCC(OC(=O)C2([O-])c3ccccc3-c3ccccc32)C1. The second-order valence-corrected chi connectivity index (χ2v) is 8.93. The molecule has 1 aliphatic heterocycles. The third-order valence-corrected chi connectivity index (χ3v) is 6.73. The molecule has 160 valence electrons. The molecule has 1 saturated heterocycles. The van der Waals surface area contributed by atoms with Crippen LogP contribution in [0.4, 0.5) is 0 Å². The fourth-order valence-electron chi connectivity index (χ4n) is 5.07. The van der Waals surface area contributed by atoms with Gasteiger partial charge in [0.05, 0.1) is 25.8 Å². The summed E-state index contributed by atoms with van der Waals surface area (Å²) in [5.74, 6) is -0.695. The van der Waals surface area contributed by atoms with Crippen LogP contribution in [-0.4, -0.2) is 48.4 Å². The first-order valence-electron chi connectivity index (χ1n) is 10.8. The van der Waals surface area contributed by atoms with E-state index in [1.54, 1.807) is 18.4 Å². The summed E-state index contributed by atoms with van der Waals surface area (Å²) < 4.78 is 11.6. The summed E-state index contributed by atoms with van der Waals surface area (Å²) in [5, 5.41) is 18.1. The Morgan fingerprint density at radius 3 is 2.48 bits per heavy atom. The minimum atomic E-state index is -2.02. The van der Waals surface area contributed by atoms with Crippen molar-refractivity contribution in [3.63, 3.8) is 0 Å². The number of hydrogen-bond donors (Lipinski definition) is 0. The summed E-state index contributed by atoms with van der Waals surface area (Å²) in [6.45, 7) is 2.60. The van der Waals surface area contributed by atoms with E-state index in [0.717, 1.165) is 53.7 Å². The van der Waals surface area contributed by atoms with Crippen molar-refractivity contribution < 1.29 is 23.6 Å². The molecule has 5 rings (SSSR count). The number of quaternary nitrogens is 1. The average Bonchev–Trinajstić information content (AvgIpc) is 3.39. The number of piperidine rings is 1. The van der Waals surface area contributed by atoms with Gasteiger partial charge in [-0.2, -0.15) is 0 Å². The third-order valence-electron chi connectivity index (χ3n) is 6.73. The Hall–Kier alpha value is -2.96. The Labute approximate surface area is 181 Å². The summed E-state index contributed by atoms with van der Waals surface area (Å²) in [4.78, 5) is 13.4. The molecule has 6 nitrogen and oxygen atoms in total. The van der Waals surface area contributed by atoms with Crippen molar-refractivity contribution in [1.82, 2.24) is 5.16 Å². The second kappa shape index (κ2) is 7.62. The number of likely N-dealkylation sites (N-methyl/N-ethyl adjacent to an activating group) is 1. The summed E-state index contributed by atoms with van der Waals surface area (Å²) in [5.41, 5.74) is 1.52. The van der Waals surface area contributed by atoms with Crippen molar-refractivity contribution in [3.05, 3.63) is 77.7 Å². The summed E-state index contributed by atoms with van der Waals surface area (Å²) in [6, 6.07) is 16.6. The summed E-state index contributed by atoms with van der Waals surface area (Å²) in [6.07, 6.45) is 3.85. The first-order valence-corrected chi connectivity index (χ1v) is 10.8. The topological polar surface area (TPSA) is 75.4 Å². The fraction of sp³-hybridized carbons (Fsp3) is 0.360. The van der Waals surface area contributed by atoms with Crippen LogP contribution in [0.5, 0.6) is 0 Å². The Balaban J connectivity index is 1.35. The van der Waals surface area contributed by atoms with E-state index in [1.807, 2.05) is 42.5 Å². The van der Waals surface area contributed by atoms with Gasteiger partial charge in [-0.15, -0.1) is 0 Å². The smallest absolute Gasteiger partial charge is 0.304 e. The molecular formula is C25H26N2O4. The number of ether oxygens (including phenoxy) is 1. The van der Waals surface area contributed by atoms with Gasteiger partial charge in [0.2, 0.25) is 0 Å². The zero-order valence-corrected chi connectivity index (χ0v) is 17.6. The minimum absolute atomic E-state index is 0.269. The van der Waals surface area contributed by atoms with Crippen molar-refractivity contribution in [1.29, 1.82) is 0 Å². The highest BCUT2D eigenvalue weighted by atomic mass is 16.6. The minimum Gasteiger partial charge on any atom is -0.834 e. The van der Waals surface area contributed by atoms with Gasteiger partial charge in [-0.25, -0.2) is 0 Å². The van der Waals surface area contributed by atoms with Crippen LogP contribution in [0.2, 0.25) is 0 Å². The Bertz CT molecular complexity index is 1050. The Kier molecular flexibility index (Phi) is 4.91. The molecule has 2 aliphatic rings. The molecule has 0 radical (unpaired) electrons. The van der Waals surface area contributed by atoms with Crippen LogP contribution in [0, 0.1) is 0 Å². The van der Waals surface area contributed by atoms with E-state index in [0.29, 0.717) is 17.7 Å². The number of likely N-dealkylation sites (tertiary alicyclic amines) is 1. The molecule has 1 aliphatic carbocycles. The quantitative estimate of drug-likeness (QED) is 0.470.